The van der Waals surface area contributed by atoms with E-state index in [0.717, 1.165) is 29.5 Å². The number of hydrogen-bond acceptors (Lipinski definition) is 5. The molecule has 0 saturated heterocycles. The van der Waals surface area contributed by atoms with Gasteiger partial charge in [-0.1, -0.05) is 45.0 Å². The van der Waals surface area contributed by atoms with E-state index in [-0.39, 0.29) is 24.0 Å². The average Bonchev–Trinajstić information content (AvgIpc) is 3.01. The molecule has 1 aromatic carbocycles. The lowest BCUT2D eigenvalue weighted by Crippen LogP contribution is -2.42. The van der Waals surface area contributed by atoms with E-state index in [0.29, 0.717) is 18.3 Å². The Hall–Kier alpha value is -1.53. The molecule has 0 aliphatic heterocycles. The van der Waals surface area contributed by atoms with Crippen molar-refractivity contribution in [1.29, 1.82) is 0 Å². The summed E-state index contributed by atoms with van der Waals surface area (Å²) in [6.07, 6.45) is 4.16. The zero-order chi connectivity index (χ0) is 20.6. The maximum Gasteiger partial charge on any atom is 0.215 e. The molecule has 2 fully saturated rings. The van der Waals surface area contributed by atoms with Crippen molar-refractivity contribution in [2.45, 2.75) is 46.0 Å². The van der Waals surface area contributed by atoms with Crippen LogP contribution in [0.4, 0.5) is 0 Å². The molecule has 2 aliphatic rings. The van der Waals surface area contributed by atoms with Crippen molar-refractivity contribution in [2.75, 3.05) is 27.4 Å². The third-order valence-electron chi connectivity index (χ3n) is 7.24. The molecule has 2 unspecified atom stereocenters. The number of fused-ring (bicyclic) bond motifs is 2. The summed E-state index contributed by atoms with van der Waals surface area (Å²) in [4.78, 5) is 13.0. The fourth-order valence-electron chi connectivity index (χ4n) is 4.68. The summed E-state index contributed by atoms with van der Waals surface area (Å²) in [5.41, 5.74) is 2.84. The number of hydrogen-bond donors (Lipinski definition) is 1. The lowest BCUT2D eigenvalue weighted by atomic mass is 9.70. The molecule has 0 radical (unpaired) electrons. The average molecular weight is 389 g/mol. The number of aliphatic hydroxyl groups excluding tert-OH is 1. The van der Waals surface area contributed by atoms with E-state index in [1.165, 1.54) is 14.2 Å². The number of ketones is 1. The summed E-state index contributed by atoms with van der Waals surface area (Å²) in [5.74, 6) is -0.460. The van der Waals surface area contributed by atoms with Gasteiger partial charge in [-0.3, -0.25) is 4.79 Å². The Morgan fingerprint density at radius 3 is 2.32 bits per heavy atom. The van der Waals surface area contributed by atoms with Gasteiger partial charge in [0.05, 0.1) is 13.2 Å². The Bertz CT molecular complexity index is 736. The molecule has 154 valence electrons. The quantitative estimate of drug-likeness (QED) is 0.545. The summed E-state index contributed by atoms with van der Waals surface area (Å²) in [7, 11) is 2.95. The third kappa shape index (κ3) is 3.35. The standard InChI is InChI=1S/C23H32O5/c1-21(2)19-10-11-22(21,3)20(25)18(19)12-16-6-8-17(9-7-16)13-28-15-23(14-24,26-4)27-5/h6-9,12,19,24H,10-11,13-15H2,1-5H3. The van der Waals surface area contributed by atoms with Gasteiger partial charge in [-0.05, 0) is 47.0 Å². The third-order valence-corrected chi connectivity index (χ3v) is 7.24. The van der Waals surface area contributed by atoms with E-state index in [2.05, 4.69) is 26.8 Å². The van der Waals surface area contributed by atoms with Gasteiger partial charge in [-0.15, -0.1) is 0 Å². The second-order valence-electron chi connectivity index (χ2n) is 8.79. The van der Waals surface area contributed by atoms with E-state index in [1.54, 1.807) is 0 Å². The number of ether oxygens (including phenoxy) is 3. The predicted octanol–water partition coefficient (Wildman–Crippen LogP) is 3.59. The van der Waals surface area contributed by atoms with Crippen LogP contribution in [0, 0.1) is 16.7 Å². The van der Waals surface area contributed by atoms with Gasteiger partial charge < -0.3 is 19.3 Å². The second-order valence-corrected chi connectivity index (χ2v) is 8.79. The Morgan fingerprint density at radius 1 is 1.18 bits per heavy atom. The zero-order valence-electron chi connectivity index (χ0n) is 17.6. The van der Waals surface area contributed by atoms with E-state index < -0.39 is 5.79 Å². The number of rotatable bonds is 8. The lowest BCUT2D eigenvalue weighted by Gasteiger charge is -2.31. The Labute approximate surface area is 167 Å². The van der Waals surface area contributed by atoms with Gasteiger partial charge in [-0.25, -0.2) is 0 Å². The molecular formula is C23H32O5. The minimum Gasteiger partial charge on any atom is -0.391 e. The van der Waals surface area contributed by atoms with Gasteiger partial charge >= 0.3 is 0 Å². The van der Waals surface area contributed by atoms with Crippen LogP contribution in [0.15, 0.2) is 29.8 Å². The molecule has 2 aliphatic carbocycles. The van der Waals surface area contributed by atoms with Gasteiger partial charge in [0.1, 0.15) is 6.61 Å². The van der Waals surface area contributed by atoms with Crippen LogP contribution in [0.5, 0.6) is 0 Å². The lowest BCUT2D eigenvalue weighted by molar-refractivity contribution is -0.253. The molecule has 2 saturated carbocycles. The fraction of sp³-hybridized carbons (Fsp3) is 0.609. The van der Waals surface area contributed by atoms with Crippen molar-refractivity contribution in [1.82, 2.24) is 0 Å². The number of allylic oxidation sites excluding steroid dienone is 1. The number of Topliss-reactive ketones (excluding diaryl/α,β-unsaturated/α-hetero) is 1. The summed E-state index contributed by atoms with van der Waals surface area (Å²) >= 11 is 0. The summed E-state index contributed by atoms with van der Waals surface area (Å²) in [6.45, 7) is 6.83. The first-order valence-electron chi connectivity index (χ1n) is 9.87. The predicted molar refractivity (Wildman–Crippen MR) is 108 cm³/mol. The van der Waals surface area contributed by atoms with Crippen molar-refractivity contribution in [3.05, 3.63) is 41.0 Å². The van der Waals surface area contributed by atoms with Crippen molar-refractivity contribution in [3.63, 3.8) is 0 Å². The molecule has 0 amide bonds. The van der Waals surface area contributed by atoms with Crippen LogP contribution in [-0.2, 0) is 25.6 Å². The normalized spacial score (nSPS) is 27.7. The number of benzene rings is 1. The van der Waals surface area contributed by atoms with Crippen molar-refractivity contribution in [3.8, 4) is 0 Å². The highest BCUT2D eigenvalue weighted by Gasteiger charge is 2.63. The molecule has 0 aromatic heterocycles. The van der Waals surface area contributed by atoms with E-state index in [1.807, 2.05) is 24.3 Å². The molecule has 0 spiro atoms. The van der Waals surface area contributed by atoms with Gasteiger partial charge in [-0.2, -0.15) is 0 Å². The molecule has 28 heavy (non-hydrogen) atoms. The first-order valence-corrected chi connectivity index (χ1v) is 9.87. The van der Waals surface area contributed by atoms with Crippen molar-refractivity contribution in [2.24, 2.45) is 16.7 Å². The molecule has 2 atom stereocenters. The maximum atomic E-state index is 13.0. The summed E-state index contributed by atoms with van der Waals surface area (Å²) < 4.78 is 16.0. The summed E-state index contributed by atoms with van der Waals surface area (Å²) in [5, 5.41) is 9.40. The smallest absolute Gasteiger partial charge is 0.215 e. The minimum absolute atomic E-state index is 0.0333. The Morgan fingerprint density at radius 2 is 1.82 bits per heavy atom. The first kappa shape index (κ1) is 21.2. The number of methoxy groups -OCH3 is 2. The second kappa shape index (κ2) is 7.71. The minimum atomic E-state index is -1.13. The molecule has 2 bridgehead atoms. The van der Waals surface area contributed by atoms with Gasteiger partial charge in [0.2, 0.25) is 5.79 Å². The number of carbonyl (C=O) groups excluding carboxylic acids is 1. The van der Waals surface area contributed by atoms with Crippen LogP contribution >= 0.6 is 0 Å². The molecule has 1 aromatic rings. The maximum absolute atomic E-state index is 13.0. The zero-order valence-corrected chi connectivity index (χ0v) is 17.6. The Balaban J connectivity index is 1.66. The van der Waals surface area contributed by atoms with Gasteiger partial charge in [0.25, 0.3) is 0 Å². The topological polar surface area (TPSA) is 65.0 Å². The van der Waals surface area contributed by atoms with Crippen LogP contribution in [0.25, 0.3) is 6.08 Å². The van der Waals surface area contributed by atoms with E-state index in [4.69, 9.17) is 14.2 Å². The highest BCUT2D eigenvalue weighted by molar-refractivity contribution is 6.07. The molecule has 5 heteroatoms. The first-order chi connectivity index (χ1) is 13.2. The van der Waals surface area contributed by atoms with E-state index in [9.17, 15) is 9.90 Å². The highest BCUT2D eigenvalue weighted by atomic mass is 16.7. The van der Waals surface area contributed by atoms with Crippen LogP contribution in [-0.4, -0.2) is 44.1 Å². The monoisotopic (exact) mass is 388 g/mol. The number of carbonyl (C=O) groups is 1. The van der Waals surface area contributed by atoms with Crippen molar-refractivity contribution < 1.29 is 24.1 Å². The molecule has 5 nitrogen and oxygen atoms in total. The molecule has 1 N–H and O–H groups in total. The molecular weight excluding hydrogens is 356 g/mol. The van der Waals surface area contributed by atoms with Crippen LogP contribution in [0.2, 0.25) is 0 Å². The fourth-order valence-corrected chi connectivity index (χ4v) is 4.68. The molecule has 0 heterocycles. The van der Waals surface area contributed by atoms with Gasteiger partial charge in [0.15, 0.2) is 5.78 Å². The van der Waals surface area contributed by atoms with Crippen LogP contribution < -0.4 is 0 Å². The molecule has 3 rings (SSSR count). The highest BCUT2D eigenvalue weighted by Crippen LogP contribution is 2.65. The van der Waals surface area contributed by atoms with Crippen molar-refractivity contribution >= 4 is 11.9 Å². The van der Waals surface area contributed by atoms with E-state index >= 15 is 0 Å². The summed E-state index contributed by atoms with van der Waals surface area (Å²) in [6, 6.07) is 8.03. The SMILES string of the molecule is COC(CO)(COCc1ccc(C=C2C(=O)C3(C)CCC2C3(C)C)cc1)OC. The number of aliphatic hydroxyl groups is 1. The van der Waals surface area contributed by atoms with Gasteiger partial charge in [0, 0.05) is 19.6 Å². The van der Waals surface area contributed by atoms with Crippen LogP contribution in [0.1, 0.15) is 44.7 Å². The van der Waals surface area contributed by atoms with Crippen LogP contribution in [0.3, 0.4) is 0 Å². The largest absolute Gasteiger partial charge is 0.391 e. The Kier molecular flexibility index (Phi) is 5.84.